The van der Waals surface area contributed by atoms with E-state index in [1.54, 1.807) is 12.1 Å². The van der Waals surface area contributed by atoms with E-state index in [1.807, 2.05) is 38.1 Å². The minimum atomic E-state index is -0.0204. The smallest absolute Gasteiger partial charge is 0.101 e. The van der Waals surface area contributed by atoms with Crippen molar-refractivity contribution >= 4 is 28.9 Å². The van der Waals surface area contributed by atoms with Gasteiger partial charge in [-0.2, -0.15) is 5.26 Å². The van der Waals surface area contributed by atoms with Crippen LogP contribution in [0.3, 0.4) is 0 Å². The number of para-hydroxylation sites is 1. The van der Waals surface area contributed by atoms with Crippen molar-refractivity contribution in [2.75, 3.05) is 5.32 Å². The number of hydrogen-bond donors (Lipinski definition) is 1. The highest BCUT2D eigenvalue weighted by Gasteiger charge is 2.13. The van der Waals surface area contributed by atoms with Gasteiger partial charge in [0.25, 0.3) is 0 Å². The molecule has 0 spiro atoms. The summed E-state index contributed by atoms with van der Waals surface area (Å²) < 4.78 is 0. The number of anilines is 1. The molecule has 0 bridgehead atoms. The Morgan fingerprint density at radius 3 is 2.60 bits per heavy atom. The van der Waals surface area contributed by atoms with Gasteiger partial charge < -0.3 is 5.32 Å². The van der Waals surface area contributed by atoms with Crippen molar-refractivity contribution in [2.45, 2.75) is 19.9 Å². The molecule has 0 heterocycles. The van der Waals surface area contributed by atoms with Gasteiger partial charge in [0.05, 0.1) is 17.3 Å². The Morgan fingerprint density at radius 2 is 1.95 bits per heavy atom. The second-order valence-corrected chi connectivity index (χ2v) is 5.48. The Labute approximate surface area is 128 Å². The van der Waals surface area contributed by atoms with E-state index in [9.17, 15) is 5.26 Å². The highest BCUT2D eigenvalue weighted by molar-refractivity contribution is 6.35. The molecule has 0 amide bonds. The van der Waals surface area contributed by atoms with Gasteiger partial charge in [-0.25, -0.2) is 0 Å². The van der Waals surface area contributed by atoms with Crippen LogP contribution in [0.5, 0.6) is 0 Å². The van der Waals surface area contributed by atoms with E-state index in [1.165, 1.54) is 0 Å². The van der Waals surface area contributed by atoms with E-state index in [4.69, 9.17) is 23.2 Å². The van der Waals surface area contributed by atoms with Crippen LogP contribution in [0, 0.1) is 18.3 Å². The van der Waals surface area contributed by atoms with E-state index in [0.717, 1.165) is 16.8 Å². The molecule has 2 aromatic carbocycles. The van der Waals surface area contributed by atoms with Crippen LogP contribution in [0.2, 0.25) is 10.0 Å². The van der Waals surface area contributed by atoms with Crippen LogP contribution in [0.15, 0.2) is 36.4 Å². The molecule has 4 heteroatoms. The zero-order valence-corrected chi connectivity index (χ0v) is 12.8. The van der Waals surface area contributed by atoms with Gasteiger partial charge >= 0.3 is 0 Å². The van der Waals surface area contributed by atoms with Crippen LogP contribution < -0.4 is 5.32 Å². The molecule has 1 unspecified atom stereocenters. The fourth-order valence-electron chi connectivity index (χ4n) is 2.10. The summed E-state index contributed by atoms with van der Waals surface area (Å²) in [4.78, 5) is 0. The van der Waals surface area contributed by atoms with E-state index >= 15 is 0 Å². The number of rotatable bonds is 3. The number of nitrogens with one attached hydrogen (secondary N) is 1. The molecule has 0 fully saturated rings. The summed E-state index contributed by atoms with van der Waals surface area (Å²) in [6.45, 7) is 3.97. The quantitative estimate of drug-likeness (QED) is 0.830. The van der Waals surface area contributed by atoms with E-state index < -0.39 is 0 Å². The number of hydrogen-bond acceptors (Lipinski definition) is 2. The Bertz CT molecular complexity index is 675. The van der Waals surface area contributed by atoms with Crippen molar-refractivity contribution < 1.29 is 0 Å². The molecule has 2 rings (SSSR count). The number of benzene rings is 2. The van der Waals surface area contributed by atoms with Gasteiger partial charge in [0, 0.05) is 10.0 Å². The molecule has 20 heavy (non-hydrogen) atoms. The van der Waals surface area contributed by atoms with Crippen LogP contribution in [-0.2, 0) is 0 Å². The summed E-state index contributed by atoms with van der Waals surface area (Å²) in [5.41, 5.74) is 3.44. The maximum Gasteiger partial charge on any atom is 0.101 e. The molecule has 0 aliphatic heterocycles. The third-order valence-corrected chi connectivity index (χ3v) is 3.75. The van der Waals surface area contributed by atoms with Gasteiger partial charge in [0.1, 0.15) is 6.07 Å². The average Bonchev–Trinajstić information content (AvgIpc) is 2.40. The SMILES string of the molecule is Cc1cccc(C#N)c1NC(C)c1ccc(Cl)cc1Cl. The third-order valence-electron chi connectivity index (χ3n) is 3.18. The van der Waals surface area contributed by atoms with Crippen LogP contribution in [-0.4, -0.2) is 0 Å². The van der Waals surface area contributed by atoms with Gasteiger partial charge in [-0.05, 0) is 43.2 Å². The maximum absolute atomic E-state index is 9.18. The lowest BCUT2D eigenvalue weighted by molar-refractivity contribution is 0.882. The third kappa shape index (κ3) is 3.07. The van der Waals surface area contributed by atoms with E-state index in [2.05, 4.69) is 11.4 Å². The van der Waals surface area contributed by atoms with Crippen molar-refractivity contribution in [3.8, 4) is 6.07 Å². The van der Waals surface area contributed by atoms with Crippen LogP contribution in [0.25, 0.3) is 0 Å². The minimum absolute atomic E-state index is 0.0204. The molecule has 0 aliphatic rings. The lowest BCUT2D eigenvalue weighted by Gasteiger charge is -2.19. The summed E-state index contributed by atoms with van der Waals surface area (Å²) in [6.07, 6.45) is 0. The maximum atomic E-state index is 9.18. The molecule has 102 valence electrons. The first-order chi connectivity index (χ1) is 9.52. The van der Waals surface area contributed by atoms with Gasteiger partial charge in [0.15, 0.2) is 0 Å². The standard InChI is InChI=1S/C16H14Cl2N2/c1-10-4-3-5-12(9-19)16(10)20-11(2)14-7-6-13(17)8-15(14)18/h3-8,11,20H,1-2H3. The molecule has 2 aromatic rings. The predicted octanol–water partition coefficient (Wildman–Crippen LogP) is 5.35. The molecule has 1 N–H and O–H groups in total. The normalized spacial score (nSPS) is 11.8. The Hall–Kier alpha value is -1.69. The fourth-order valence-corrected chi connectivity index (χ4v) is 2.67. The molecule has 0 saturated heterocycles. The molecule has 0 aromatic heterocycles. The first kappa shape index (κ1) is 14.7. The predicted molar refractivity (Wildman–Crippen MR) is 84.4 cm³/mol. The number of nitriles is 1. The Morgan fingerprint density at radius 1 is 1.20 bits per heavy atom. The van der Waals surface area contributed by atoms with Crippen LogP contribution in [0.4, 0.5) is 5.69 Å². The van der Waals surface area contributed by atoms with Crippen molar-refractivity contribution in [1.82, 2.24) is 0 Å². The number of nitrogens with zero attached hydrogens (tertiary/aromatic N) is 1. The van der Waals surface area contributed by atoms with E-state index in [0.29, 0.717) is 15.6 Å². The molecule has 1 atom stereocenters. The number of aryl methyl sites for hydroxylation is 1. The average molecular weight is 305 g/mol. The van der Waals surface area contributed by atoms with Crippen molar-refractivity contribution in [1.29, 1.82) is 5.26 Å². The zero-order chi connectivity index (χ0) is 14.7. The molecule has 0 radical (unpaired) electrons. The lowest BCUT2D eigenvalue weighted by Crippen LogP contribution is -2.09. The largest absolute Gasteiger partial charge is 0.377 e. The highest BCUT2D eigenvalue weighted by atomic mass is 35.5. The van der Waals surface area contributed by atoms with Gasteiger partial charge in [-0.3, -0.25) is 0 Å². The van der Waals surface area contributed by atoms with Gasteiger partial charge in [0.2, 0.25) is 0 Å². The Kier molecular flexibility index (Phi) is 4.54. The number of halogens is 2. The lowest BCUT2D eigenvalue weighted by atomic mass is 10.0. The minimum Gasteiger partial charge on any atom is -0.377 e. The molecular weight excluding hydrogens is 291 g/mol. The Balaban J connectivity index is 2.33. The second-order valence-electron chi connectivity index (χ2n) is 4.64. The highest BCUT2D eigenvalue weighted by Crippen LogP contribution is 2.30. The molecule has 0 aliphatic carbocycles. The van der Waals surface area contributed by atoms with E-state index in [-0.39, 0.29) is 6.04 Å². The van der Waals surface area contributed by atoms with Crippen LogP contribution in [0.1, 0.15) is 29.7 Å². The molecular formula is C16H14Cl2N2. The van der Waals surface area contributed by atoms with Gasteiger partial charge in [-0.15, -0.1) is 0 Å². The van der Waals surface area contributed by atoms with Crippen molar-refractivity contribution in [3.05, 3.63) is 63.1 Å². The molecule has 0 saturated carbocycles. The fraction of sp³-hybridized carbons (Fsp3) is 0.188. The monoisotopic (exact) mass is 304 g/mol. The summed E-state index contributed by atoms with van der Waals surface area (Å²) in [5.74, 6) is 0. The van der Waals surface area contributed by atoms with Crippen molar-refractivity contribution in [3.63, 3.8) is 0 Å². The topological polar surface area (TPSA) is 35.8 Å². The summed E-state index contributed by atoms with van der Waals surface area (Å²) in [6, 6.07) is 13.2. The first-order valence-corrected chi connectivity index (χ1v) is 6.99. The summed E-state index contributed by atoms with van der Waals surface area (Å²) >= 11 is 12.1. The summed E-state index contributed by atoms with van der Waals surface area (Å²) in [5, 5.41) is 13.8. The zero-order valence-electron chi connectivity index (χ0n) is 11.2. The first-order valence-electron chi connectivity index (χ1n) is 6.24. The second kappa shape index (κ2) is 6.17. The van der Waals surface area contributed by atoms with Crippen LogP contribution >= 0.6 is 23.2 Å². The summed E-state index contributed by atoms with van der Waals surface area (Å²) in [7, 11) is 0. The van der Waals surface area contributed by atoms with Crippen molar-refractivity contribution in [2.24, 2.45) is 0 Å². The molecule has 2 nitrogen and oxygen atoms in total. The van der Waals surface area contributed by atoms with Gasteiger partial charge in [-0.1, -0.05) is 41.4 Å².